The third-order valence-electron chi connectivity index (χ3n) is 3.12. The van der Waals surface area contributed by atoms with E-state index in [2.05, 4.69) is 30.8 Å². The van der Waals surface area contributed by atoms with Gasteiger partial charge in [-0.1, -0.05) is 21.9 Å². The molecule has 0 spiro atoms. The number of fused-ring (bicyclic) bond motifs is 1. The van der Waals surface area contributed by atoms with Crippen molar-refractivity contribution >= 4 is 13.9 Å². The number of hydrogen-bond acceptors (Lipinski definition) is 1. The molecular formula is C12H18NP. The average molecular weight is 207 g/mol. The van der Waals surface area contributed by atoms with Crippen molar-refractivity contribution < 1.29 is 0 Å². The Kier molecular flexibility index (Phi) is 3.18. The minimum absolute atomic E-state index is 0.719. The van der Waals surface area contributed by atoms with Crippen LogP contribution in [-0.4, -0.2) is 11.6 Å². The van der Waals surface area contributed by atoms with E-state index in [1.54, 1.807) is 0 Å². The van der Waals surface area contributed by atoms with Crippen LogP contribution in [0.1, 0.15) is 43.4 Å². The van der Waals surface area contributed by atoms with Gasteiger partial charge in [-0.2, -0.15) is 0 Å². The standard InChI is InChI=1S/C12H18NP/c1-9-5-3-4-6-12-11(9)7-10(14-2)8-13-12/h7-9,14H,3-6H2,1-2H3. The van der Waals surface area contributed by atoms with E-state index < -0.39 is 0 Å². The number of nitrogens with zero attached hydrogens (tertiary/aromatic N) is 1. The van der Waals surface area contributed by atoms with Gasteiger partial charge in [-0.05, 0) is 48.8 Å². The van der Waals surface area contributed by atoms with Gasteiger partial charge in [0.1, 0.15) is 0 Å². The minimum Gasteiger partial charge on any atom is -0.260 e. The highest BCUT2D eigenvalue weighted by atomic mass is 31.1. The van der Waals surface area contributed by atoms with E-state index in [1.165, 1.54) is 42.2 Å². The van der Waals surface area contributed by atoms with Crippen LogP contribution in [-0.2, 0) is 6.42 Å². The van der Waals surface area contributed by atoms with Crippen molar-refractivity contribution in [2.45, 2.75) is 38.5 Å². The molecule has 1 aliphatic carbocycles. The van der Waals surface area contributed by atoms with Crippen molar-refractivity contribution in [2.24, 2.45) is 0 Å². The van der Waals surface area contributed by atoms with Gasteiger partial charge in [0.05, 0.1) is 0 Å². The second kappa shape index (κ2) is 4.40. The van der Waals surface area contributed by atoms with E-state index in [1.807, 2.05) is 0 Å². The number of aromatic nitrogens is 1. The molecule has 1 aromatic heterocycles. The molecule has 1 nitrogen and oxygen atoms in total. The van der Waals surface area contributed by atoms with Crippen molar-refractivity contribution in [1.82, 2.24) is 4.98 Å². The summed E-state index contributed by atoms with van der Waals surface area (Å²) in [6.45, 7) is 4.57. The van der Waals surface area contributed by atoms with Crippen molar-refractivity contribution in [3.63, 3.8) is 0 Å². The van der Waals surface area contributed by atoms with Crippen LogP contribution in [0.3, 0.4) is 0 Å². The van der Waals surface area contributed by atoms with Gasteiger partial charge in [-0.25, -0.2) is 0 Å². The van der Waals surface area contributed by atoms with Crippen molar-refractivity contribution in [1.29, 1.82) is 0 Å². The van der Waals surface area contributed by atoms with Gasteiger partial charge >= 0.3 is 0 Å². The fourth-order valence-electron chi connectivity index (χ4n) is 2.18. The summed E-state index contributed by atoms with van der Waals surface area (Å²) in [4.78, 5) is 4.61. The predicted molar refractivity (Wildman–Crippen MR) is 64.1 cm³/mol. The zero-order chi connectivity index (χ0) is 9.97. The summed E-state index contributed by atoms with van der Waals surface area (Å²) in [5.41, 5.74) is 2.88. The van der Waals surface area contributed by atoms with Gasteiger partial charge in [0.25, 0.3) is 0 Å². The molecule has 1 aromatic rings. The average Bonchev–Trinajstić information content (AvgIpc) is 2.40. The van der Waals surface area contributed by atoms with E-state index in [0.29, 0.717) is 0 Å². The second-order valence-corrected chi connectivity index (χ2v) is 5.23. The van der Waals surface area contributed by atoms with Gasteiger partial charge < -0.3 is 0 Å². The Morgan fingerprint density at radius 2 is 2.29 bits per heavy atom. The predicted octanol–water partition coefficient (Wildman–Crippen LogP) is 2.85. The maximum atomic E-state index is 4.61. The van der Waals surface area contributed by atoms with Crippen LogP contribution in [0.25, 0.3) is 0 Å². The third-order valence-corrected chi connectivity index (χ3v) is 3.97. The molecule has 2 rings (SSSR count). The zero-order valence-electron chi connectivity index (χ0n) is 9.01. The number of hydrogen-bond donors (Lipinski definition) is 0. The highest BCUT2D eigenvalue weighted by Crippen LogP contribution is 2.28. The monoisotopic (exact) mass is 207 g/mol. The van der Waals surface area contributed by atoms with Gasteiger partial charge in [0, 0.05) is 11.9 Å². The second-order valence-electron chi connectivity index (χ2n) is 4.16. The first-order valence-electron chi connectivity index (χ1n) is 5.48. The Balaban J connectivity index is 2.39. The van der Waals surface area contributed by atoms with E-state index in [0.717, 1.165) is 14.5 Å². The number of rotatable bonds is 1. The topological polar surface area (TPSA) is 12.9 Å². The van der Waals surface area contributed by atoms with Crippen LogP contribution in [0.2, 0.25) is 0 Å². The van der Waals surface area contributed by atoms with Crippen molar-refractivity contribution in [2.75, 3.05) is 6.66 Å². The first-order chi connectivity index (χ1) is 6.81. The summed E-state index contributed by atoms with van der Waals surface area (Å²) in [6, 6.07) is 2.39. The Hall–Kier alpha value is -0.420. The summed E-state index contributed by atoms with van der Waals surface area (Å²) in [5.74, 6) is 0.719. The van der Waals surface area contributed by atoms with Crippen molar-refractivity contribution in [3.8, 4) is 0 Å². The van der Waals surface area contributed by atoms with E-state index in [-0.39, 0.29) is 0 Å². The molecule has 2 unspecified atom stereocenters. The van der Waals surface area contributed by atoms with Crippen molar-refractivity contribution in [3.05, 3.63) is 23.5 Å². The molecule has 0 aromatic carbocycles. The lowest BCUT2D eigenvalue weighted by atomic mass is 9.98. The van der Waals surface area contributed by atoms with Gasteiger partial charge in [0.15, 0.2) is 0 Å². The molecule has 0 saturated heterocycles. The van der Waals surface area contributed by atoms with Gasteiger partial charge in [-0.15, -0.1) is 0 Å². The SMILES string of the molecule is CPc1cnc2c(c1)C(C)CCCC2. The molecule has 0 N–H and O–H groups in total. The summed E-state index contributed by atoms with van der Waals surface area (Å²) in [6.07, 6.45) is 7.27. The smallest absolute Gasteiger partial charge is 0.0438 e. The molecule has 1 aliphatic rings. The van der Waals surface area contributed by atoms with Crippen LogP contribution in [0.15, 0.2) is 12.3 Å². The van der Waals surface area contributed by atoms with E-state index >= 15 is 0 Å². The Morgan fingerprint density at radius 1 is 1.43 bits per heavy atom. The van der Waals surface area contributed by atoms with E-state index in [4.69, 9.17) is 0 Å². The molecule has 1 heterocycles. The summed E-state index contributed by atoms with van der Waals surface area (Å²) >= 11 is 0. The Morgan fingerprint density at radius 3 is 3.07 bits per heavy atom. The maximum Gasteiger partial charge on any atom is 0.0438 e. The molecule has 0 amide bonds. The van der Waals surface area contributed by atoms with Crippen LogP contribution >= 0.6 is 8.58 Å². The molecule has 2 heteroatoms. The molecule has 14 heavy (non-hydrogen) atoms. The lowest BCUT2D eigenvalue weighted by molar-refractivity contribution is 0.635. The van der Waals surface area contributed by atoms with Crippen LogP contribution < -0.4 is 5.30 Å². The highest BCUT2D eigenvalue weighted by Gasteiger charge is 2.15. The highest BCUT2D eigenvalue weighted by molar-refractivity contribution is 7.46. The molecule has 0 bridgehead atoms. The lowest BCUT2D eigenvalue weighted by Crippen LogP contribution is -2.05. The third kappa shape index (κ3) is 1.98. The fraction of sp³-hybridized carbons (Fsp3) is 0.583. The summed E-state index contributed by atoms with van der Waals surface area (Å²) in [7, 11) is 0.876. The summed E-state index contributed by atoms with van der Waals surface area (Å²) in [5, 5.41) is 1.41. The normalized spacial score (nSPS) is 22.3. The van der Waals surface area contributed by atoms with Crippen LogP contribution in [0, 0.1) is 0 Å². The first-order valence-corrected chi connectivity index (χ1v) is 6.98. The van der Waals surface area contributed by atoms with E-state index in [9.17, 15) is 0 Å². The van der Waals surface area contributed by atoms with Crippen LogP contribution in [0.5, 0.6) is 0 Å². The summed E-state index contributed by atoms with van der Waals surface area (Å²) < 4.78 is 0. The minimum atomic E-state index is 0.719. The lowest BCUT2D eigenvalue weighted by Gasteiger charge is -2.12. The molecule has 0 radical (unpaired) electrons. The van der Waals surface area contributed by atoms with Gasteiger partial charge in [0.2, 0.25) is 0 Å². The number of aryl methyl sites for hydroxylation is 1. The zero-order valence-corrected chi connectivity index (χ0v) is 10.0. The van der Waals surface area contributed by atoms with Gasteiger partial charge in [-0.3, -0.25) is 4.98 Å². The maximum absolute atomic E-state index is 4.61. The molecule has 0 saturated carbocycles. The molecule has 0 fully saturated rings. The molecule has 0 aliphatic heterocycles. The fourth-order valence-corrected chi connectivity index (χ4v) is 2.67. The Labute approximate surface area is 88.1 Å². The van der Waals surface area contributed by atoms with Crippen LogP contribution in [0.4, 0.5) is 0 Å². The molecule has 2 atom stereocenters. The largest absolute Gasteiger partial charge is 0.260 e. The molecule has 76 valence electrons. The first kappa shape index (κ1) is 10.1. The quantitative estimate of drug-likeness (QED) is 0.509. The molecular weight excluding hydrogens is 189 g/mol. The Bertz CT molecular complexity index is 322. The number of pyridine rings is 1.